The summed E-state index contributed by atoms with van der Waals surface area (Å²) in [5.41, 5.74) is 7.49. The van der Waals surface area contributed by atoms with Crippen molar-refractivity contribution in [1.82, 2.24) is 4.90 Å². The third-order valence-corrected chi connectivity index (χ3v) is 3.51. The highest BCUT2D eigenvalue weighted by atomic mass is 16.5. The van der Waals surface area contributed by atoms with Gasteiger partial charge < -0.3 is 15.2 Å². The van der Waals surface area contributed by atoms with E-state index in [-0.39, 0.29) is 12.1 Å². The fourth-order valence-corrected chi connectivity index (χ4v) is 2.54. The molecule has 1 saturated heterocycles. The molecule has 2 unspecified atom stereocenters. The number of hydrogen-bond donors (Lipinski definition) is 1. The zero-order valence-corrected chi connectivity index (χ0v) is 10.7. The molecule has 0 spiro atoms. The summed E-state index contributed by atoms with van der Waals surface area (Å²) in [6.07, 6.45) is 5.28. The maximum atomic E-state index is 6.28. The van der Waals surface area contributed by atoms with Crippen molar-refractivity contribution in [3.8, 4) is 0 Å². The van der Waals surface area contributed by atoms with Gasteiger partial charge in [-0.1, -0.05) is 6.92 Å². The maximum absolute atomic E-state index is 6.28. The molecule has 1 fully saturated rings. The second-order valence-corrected chi connectivity index (χ2v) is 4.90. The van der Waals surface area contributed by atoms with Crippen LogP contribution in [0.25, 0.3) is 0 Å². The normalized spacial score (nSPS) is 28.4. The van der Waals surface area contributed by atoms with E-state index in [0.717, 1.165) is 45.7 Å². The van der Waals surface area contributed by atoms with Crippen LogP contribution in [0.2, 0.25) is 0 Å². The maximum Gasteiger partial charge on any atom is 0.0892 e. The minimum atomic E-state index is -0.00467. The van der Waals surface area contributed by atoms with E-state index in [2.05, 4.69) is 11.8 Å². The van der Waals surface area contributed by atoms with Crippen molar-refractivity contribution in [2.45, 2.75) is 38.3 Å². The summed E-state index contributed by atoms with van der Waals surface area (Å²) in [6.45, 7) is 6.96. The summed E-state index contributed by atoms with van der Waals surface area (Å²) in [4.78, 5) is 2.44. The Kier molecular flexibility index (Phi) is 4.83. The molecule has 0 aromatic carbocycles. The number of hydrogen-bond acceptors (Lipinski definition) is 4. The van der Waals surface area contributed by atoms with Gasteiger partial charge in [-0.15, -0.1) is 0 Å². The highest BCUT2D eigenvalue weighted by molar-refractivity contribution is 5.12. The topological polar surface area (TPSA) is 47.7 Å². The average molecular weight is 240 g/mol. The minimum absolute atomic E-state index is 0.00467. The average Bonchev–Trinajstić information content (AvgIpc) is 2.40. The Morgan fingerprint density at radius 3 is 3.12 bits per heavy atom. The van der Waals surface area contributed by atoms with Gasteiger partial charge in [0.1, 0.15) is 0 Å². The molecule has 0 aromatic heterocycles. The van der Waals surface area contributed by atoms with Gasteiger partial charge in [-0.25, -0.2) is 0 Å². The largest absolute Gasteiger partial charge is 0.501 e. The lowest BCUT2D eigenvalue weighted by atomic mass is 9.97. The van der Waals surface area contributed by atoms with Gasteiger partial charge in [-0.2, -0.15) is 0 Å². The van der Waals surface area contributed by atoms with Crippen molar-refractivity contribution in [3.05, 3.63) is 11.8 Å². The Balaban J connectivity index is 1.89. The van der Waals surface area contributed by atoms with Gasteiger partial charge in [-0.05, 0) is 31.4 Å². The highest BCUT2D eigenvalue weighted by Crippen LogP contribution is 2.20. The molecule has 17 heavy (non-hydrogen) atoms. The van der Waals surface area contributed by atoms with Crippen LogP contribution in [0.5, 0.6) is 0 Å². The second kappa shape index (κ2) is 6.38. The molecule has 0 aliphatic carbocycles. The Morgan fingerprint density at radius 2 is 2.41 bits per heavy atom. The standard InChI is InChI=1S/C13H24N2O2/c1-2-5-15-6-8-17-12(9-15)13(14)11-4-3-7-16-10-11/h10,12-13H,2-9,14H2,1H3. The first-order valence-corrected chi connectivity index (χ1v) is 6.71. The monoisotopic (exact) mass is 240 g/mol. The van der Waals surface area contributed by atoms with E-state index < -0.39 is 0 Å². The lowest BCUT2D eigenvalue weighted by Gasteiger charge is -2.36. The van der Waals surface area contributed by atoms with Crippen LogP contribution in [0, 0.1) is 0 Å². The summed E-state index contributed by atoms with van der Waals surface area (Å²) in [5.74, 6) is 0. The quantitative estimate of drug-likeness (QED) is 0.800. The van der Waals surface area contributed by atoms with Crippen LogP contribution >= 0.6 is 0 Å². The molecule has 0 radical (unpaired) electrons. The van der Waals surface area contributed by atoms with Crippen molar-refractivity contribution in [2.24, 2.45) is 5.73 Å². The van der Waals surface area contributed by atoms with E-state index in [9.17, 15) is 0 Å². The molecule has 4 nitrogen and oxygen atoms in total. The zero-order chi connectivity index (χ0) is 12.1. The summed E-state index contributed by atoms with van der Waals surface area (Å²) in [6, 6.07) is -0.00467. The van der Waals surface area contributed by atoms with Crippen LogP contribution < -0.4 is 5.73 Å². The predicted octanol–water partition coefficient (Wildman–Crippen LogP) is 1.12. The number of morpholine rings is 1. The van der Waals surface area contributed by atoms with E-state index in [1.54, 1.807) is 0 Å². The molecule has 2 aliphatic heterocycles. The van der Waals surface area contributed by atoms with E-state index >= 15 is 0 Å². The summed E-state index contributed by atoms with van der Waals surface area (Å²) in [7, 11) is 0. The lowest BCUT2D eigenvalue weighted by Crippen LogP contribution is -2.51. The van der Waals surface area contributed by atoms with Gasteiger partial charge in [-0.3, -0.25) is 4.90 Å². The Labute approximate surface area is 104 Å². The van der Waals surface area contributed by atoms with Crippen LogP contribution in [0.4, 0.5) is 0 Å². The first-order valence-electron chi connectivity index (χ1n) is 6.71. The van der Waals surface area contributed by atoms with Gasteiger partial charge in [0, 0.05) is 13.1 Å². The fraction of sp³-hybridized carbons (Fsp3) is 0.846. The third-order valence-electron chi connectivity index (χ3n) is 3.51. The van der Waals surface area contributed by atoms with Crippen molar-refractivity contribution in [2.75, 3.05) is 32.8 Å². The molecular weight excluding hydrogens is 216 g/mol. The first-order chi connectivity index (χ1) is 8.31. The van der Waals surface area contributed by atoms with Crippen molar-refractivity contribution >= 4 is 0 Å². The van der Waals surface area contributed by atoms with E-state index in [1.807, 2.05) is 6.26 Å². The highest BCUT2D eigenvalue weighted by Gasteiger charge is 2.28. The SMILES string of the molecule is CCCN1CCOC(C(N)C2=COCCC2)C1. The lowest BCUT2D eigenvalue weighted by molar-refractivity contribution is -0.0362. The number of nitrogens with zero attached hydrogens (tertiary/aromatic N) is 1. The predicted molar refractivity (Wildman–Crippen MR) is 67.7 cm³/mol. The molecule has 2 rings (SSSR count). The summed E-state index contributed by atoms with van der Waals surface area (Å²) < 4.78 is 11.2. The summed E-state index contributed by atoms with van der Waals surface area (Å²) >= 11 is 0. The molecule has 4 heteroatoms. The fourth-order valence-electron chi connectivity index (χ4n) is 2.54. The molecular formula is C13H24N2O2. The second-order valence-electron chi connectivity index (χ2n) is 4.90. The van der Waals surface area contributed by atoms with E-state index in [0.29, 0.717) is 0 Å². The zero-order valence-electron chi connectivity index (χ0n) is 10.7. The third kappa shape index (κ3) is 3.44. The van der Waals surface area contributed by atoms with Crippen molar-refractivity contribution in [3.63, 3.8) is 0 Å². The van der Waals surface area contributed by atoms with Crippen LogP contribution in [0.3, 0.4) is 0 Å². The number of ether oxygens (including phenoxy) is 2. The molecule has 2 aliphatic rings. The van der Waals surface area contributed by atoms with Gasteiger partial charge in [0.25, 0.3) is 0 Å². The Hall–Kier alpha value is -0.580. The smallest absolute Gasteiger partial charge is 0.0892 e. The molecule has 98 valence electrons. The van der Waals surface area contributed by atoms with Crippen LogP contribution in [0.15, 0.2) is 11.8 Å². The van der Waals surface area contributed by atoms with Gasteiger partial charge >= 0.3 is 0 Å². The Morgan fingerprint density at radius 1 is 1.53 bits per heavy atom. The molecule has 2 N–H and O–H groups in total. The number of rotatable bonds is 4. The van der Waals surface area contributed by atoms with Crippen LogP contribution in [-0.4, -0.2) is 49.9 Å². The van der Waals surface area contributed by atoms with Crippen molar-refractivity contribution in [1.29, 1.82) is 0 Å². The minimum Gasteiger partial charge on any atom is -0.501 e. The molecule has 0 saturated carbocycles. The van der Waals surface area contributed by atoms with E-state index in [4.69, 9.17) is 15.2 Å². The van der Waals surface area contributed by atoms with Gasteiger partial charge in [0.05, 0.1) is 31.6 Å². The van der Waals surface area contributed by atoms with Gasteiger partial charge in [0.15, 0.2) is 0 Å². The van der Waals surface area contributed by atoms with Crippen LogP contribution in [0.1, 0.15) is 26.2 Å². The molecule has 2 heterocycles. The molecule has 0 aromatic rings. The molecule has 2 atom stereocenters. The van der Waals surface area contributed by atoms with Gasteiger partial charge in [0.2, 0.25) is 0 Å². The first kappa shape index (κ1) is 12.9. The Bertz CT molecular complexity index is 266. The summed E-state index contributed by atoms with van der Waals surface area (Å²) in [5, 5.41) is 0. The van der Waals surface area contributed by atoms with E-state index in [1.165, 1.54) is 12.0 Å². The van der Waals surface area contributed by atoms with Crippen molar-refractivity contribution < 1.29 is 9.47 Å². The molecule has 0 amide bonds. The molecule has 0 bridgehead atoms. The number of nitrogens with two attached hydrogens (primary N) is 1. The van der Waals surface area contributed by atoms with Crippen LogP contribution in [-0.2, 0) is 9.47 Å².